The van der Waals surface area contributed by atoms with Gasteiger partial charge in [0.1, 0.15) is 11.4 Å². The van der Waals surface area contributed by atoms with E-state index in [4.69, 9.17) is 9.47 Å². The van der Waals surface area contributed by atoms with Crippen molar-refractivity contribution >= 4 is 11.8 Å². The highest BCUT2D eigenvalue weighted by atomic mass is 19.1. The highest BCUT2D eigenvalue weighted by molar-refractivity contribution is 5.69. The van der Waals surface area contributed by atoms with E-state index in [0.29, 0.717) is 50.1 Å². The van der Waals surface area contributed by atoms with E-state index in [1.165, 1.54) is 12.3 Å². The number of piperazine rings is 1. The summed E-state index contributed by atoms with van der Waals surface area (Å²) >= 11 is 0. The number of aliphatic hydroxyl groups is 1. The van der Waals surface area contributed by atoms with Gasteiger partial charge in [-0.1, -0.05) is 0 Å². The molecule has 3 aliphatic heterocycles. The number of anilines is 1. The van der Waals surface area contributed by atoms with Crippen LogP contribution in [0, 0.1) is 11.2 Å². The number of carbonyl (C=O) groups is 1. The molecule has 1 saturated carbocycles. The summed E-state index contributed by atoms with van der Waals surface area (Å²) in [6, 6.07) is 2.05. The van der Waals surface area contributed by atoms with Gasteiger partial charge >= 0.3 is 6.09 Å². The molecule has 1 amide bonds. The summed E-state index contributed by atoms with van der Waals surface area (Å²) in [5.41, 5.74) is 0.478. The van der Waals surface area contributed by atoms with Crippen molar-refractivity contribution in [3.05, 3.63) is 23.8 Å². The molecule has 1 aromatic rings. The van der Waals surface area contributed by atoms with Gasteiger partial charge in [0.2, 0.25) is 0 Å². The topological polar surface area (TPSA) is 78.4 Å². The van der Waals surface area contributed by atoms with Crippen molar-refractivity contribution in [1.82, 2.24) is 14.8 Å². The maximum Gasteiger partial charge on any atom is 0.409 e. The van der Waals surface area contributed by atoms with Gasteiger partial charge in [0.25, 0.3) is 0 Å². The summed E-state index contributed by atoms with van der Waals surface area (Å²) in [4.78, 5) is 22.8. The molecule has 1 atom stereocenters. The molecule has 0 aromatic carbocycles. The van der Waals surface area contributed by atoms with E-state index in [1.807, 2.05) is 11.8 Å². The van der Waals surface area contributed by atoms with Crippen LogP contribution in [0.25, 0.3) is 0 Å². The number of likely N-dealkylation sites (tertiary alicyclic amines) is 1. The first-order valence-corrected chi connectivity index (χ1v) is 12.3. The van der Waals surface area contributed by atoms with Crippen LogP contribution < -0.4 is 4.90 Å². The number of amides is 1. The minimum absolute atomic E-state index is 0.189. The van der Waals surface area contributed by atoms with Gasteiger partial charge in [0.05, 0.1) is 24.2 Å². The Kier molecular flexibility index (Phi) is 6.22. The van der Waals surface area contributed by atoms with E-state index in [1.54, 1.807) is 0 Å². The molecule has 1 aromatic heterocycles. The Hall–Kier alpha value is -1.97. The zero-order valence-corrected chi connectivity index (χ0v) is 19.5. The van der Waals surface area contributed by atoms with Crippen molar-refractivity contribution in [2.75, 3.05) is 64.0 Å². The van der Waals surface area contributed by atoms with E-state index < -0.39 is 5.60 Å². The third kappa shape index (κ3) is 4.42. The summed E-state index contributed by atoms with van der Waals surface area (Å²) in [7, 11) is 0. The van der Waals surface area contributed by atoms with Gasteiger partial charge in [0.15, 0.2) is 0 Å². The molecule has 1 spiro atoms. The fourth-order valence-electron chi connectivity index (χ4n) is 6.18. The predicted octanol–water partition coefficient (Wildman–Crippen LogP) is 2.35. The molecule has 0 bridgehead atoms. The van der Waals surface area contributed by atoms with Crippen molar-refractivity contribution in [3.8, 4) is 0 Å². The number of rotatable bonds is 4. The van der Waals surface area contributed by atoms with Crippen molar-refractivity contribution < 1.29 is 23.8 Å². The van der Waals surface area contributed by atoms with Gasteiger partial charge in [-0.05, 0) is 26.2 Å². The number of carbonyl (C=O) groups excluding carboxylic acids is 1. The summed E-state index contributed by atoms with van der Waals surface area (Å²) in [5, 5.41) is 11.2. The average Bonchev–Trinajstić information content (AvgIpc) is 3.25. The lowest BCUT2D eigenvalue weighted by atomic mass is 9.78. The lowest BCUT2D eigenvalue weighted by Gasteiger charge is -2.48. The third-order valence-electron chi connectivity index (χ3n) is 8.02. The third-order valence-corrected chi connectivity index (χ3v) is 8.02. The highest BCUT2D eigenvalue weighted by Crippen LogP contribution is 2.47. The Balaban J connectivity index is 1.20. The first-order chi connectivity index (χ1) is 15.9. The maximum atomic E-state index is 14.1. The molecule has 182 valence electrons. The normalized spacial score (nSPS) is 26.9. The van der Waals surface area contributed by atoms with Gasteiger partial charge in [-0.2, -0.15) is 0 Å². The van der Waals surface area contributed by atoms with Crippen LogP contribution in [0.4, 0.5) is 14.9 Å². The summed E-state index contributed by atoms with van der Waals surface area (Å²) < 4.78 is 24.7. The summed E-state index contributed by atoms with van der Waals surface area (Å²) in [5.74, 6) is -0.374. The van der Waals surface area contributed by atoms with Crippen LogP contribution in [0.15, 0.2) is 12.3 Å². The molecular formula is C24H35FN4O4. The number of halogens is 1. The highest BCUT2D eigenvalue weighted by Gasteiger charge is 2.51. The predicted molar refractivity (Wildman–Crippen MR) is 121 cm³/mol. The number of nitrogens with zero attached hydrogens (tertiary/aromatic N) is 4. The van der Waals surface area contributed by atoms with Crippen LogP contribution in [-0.4, -0.2) is 91.1 Å². The van der Waals surface area contributed by atoms with Crippen molar-refractivity contribution in [1.29, 1.82) is 0 Å². The zero-order valence-electron chi connectivity index (χ0n) is 19.5. The summed E-state index contributed by atoms with van der Waals surface area (Å²) in [6.07, 6.45) is 5.40. The van der Waals surface area contributed by atoms with Crippen LogP contribution in [0.3, 0.4) is 0 Å². The van der Waals surface area contributed by atoms with Gasteiger partial charge in [-0.3, -0.25) is 9.88 Å². The number of pyridine rings is 1. The average molecular weight is 463 g/mol. The molecule has 1 N–H and O–H groups in total. The van der Waals surface area contributed by atoms with Gasteiger partial charge in [0, 0.05) is 82.8 Å². The van der Waals surface area contributed by atoms with Gasteiger partial charge in [-0.25, -0.2) is 9.18 Å². The maximum absolute atomic E-state index is 14.1. The Morgan fingerprint density at radius 1 is 1.24 bits per heavy atom. The molecule has 5 rings (SSSR count). The van der Waals surface area contributed by atoms with E-state index in [0.717, 1.165) is 58.5 Å². The second-order valence-electron chi connectivity index (χ2n) is 10.1. The van der Waals surface area contributed by atoms with Crippen molar-refractivity contribution in [2.45, 2.75) is 50.7 Å². The first-order valence-electron chi connectivity index (χ1n) is 12.3. The Morgan fingerprint density at radius 3 is 2.67 bits per heavy atom. The molecule has 3 saturated heterocycles. The van der Waals surface area contributed by atoms with Crippen LogP contribution in [0.2, 0.25) is 0 Å². The standard InChI is InChI=1S/C24H35FN4O4/c1-2-33-22(30)29-16-23(17-29)4-3-19(14-23)27-7-9-28(10-8-27)20-13-18(25)15-26-21(20)24(31)5-11-32-12-6-24/h13,15,19,31H,2-12,14,16-17H2,1H3/t19-/m1/s1. The lowest BCUT2D eigenvalue weighted by Crippen LogP contribution is -2.58. The van der Waals surface area contributed by atoms with Crippen LogP contribution in [-0.2, 0) is 15.1 Å². The van der Waals surface area contributed by atoms with E-state index in [9.17, 15) is 14.3 Å². The molecule has 4 aliphatic rings. The molecule has 4 fully saturated rings. The molecule has 4 heterocycles. The first kappa shape index (κ1) is 22.8. The summed E-state index contributed by atoms with van der Waals surface area (Å²) in [6.45, 7) is 8.21. The van der Waals surface area contributed by atoms with Crippen LogP contribution in [0.5, 0.6) is 0 Å². The van der Waals surface area contributed by atoms with E-state index in [2.05, 4.69) is 14.8 Å². The van der Waals surface area contributed by atoms with Crippen LogP contribution in [0.1, 0.15) is 44.7 Å². The Bertz CT molecular complexity index is 864. The number of hydrogen-bond donors (Lipinski definition) is 1. The van der Waals surface area contributed by atoms with E-state index >= 15 is 0 Å². The molecule has 9 heteroatoms. The molecule has 0 radical (unpaired) electrons. The molecule has 33 heavy (non-hydrogen) atoms. The Morgan fingerprint density at radius 2 is 1.97 bits per heavy atom. The van der Waals surface area contributed by atoms with Gasteiger partial charge < -0.3 is 24.4 Å². The SMILES string of the molecule is CCOC(=O)N1CC2(CC[C@@H](N3CCN(c4cc(F)cnc4C4(O)CCOCC4)CC3)C2)C1. The van der Waals surface area contributed by atoms with Crippen molar-refractivity contribution in [3.63, 3.8) is 0 Å². The number of hydrogen-bond acceptors (Lipinski definition) is 7. The molecule has 1 aliphatic carbocycles. The number of aromatic nitrogens is 1. The van der Waals surface area contributed by atoms with Gasteiger partial charge in [-0.15, -0.1) is 0 Å². The molecule has 0 unspecified atom stereocenters. The minimum atomic E-state index is -1.06. The fourth-order valence-corrected chi connectivity index (χ4v) is 6.18. The lowest BCUT2D eigenvalue weighted by molar-refractivity contribution is -0.0702. The minimum Gasteiger partial charge on any atom is -0.450 e. The Labute approximate surface area is 194 Å². The fraction of sp³-hybridized carbons (Fsp3) is 0.750. The van der Waals surface area contributed by atoms with Crippen molar-refractivity contribution in [2.24, 2.45) is 5.41 Å². The quantitative estimate of drug-likeness (QED) is 0.736. The largest absolute Gasteiger partial charge is 0.450 e. The van der Waals surface area contributed by atoms with E-state index in [-0.39, 0.29) is 17.3 Å². The molecular weight excluding hydrogens is 427 g/mol. The number of ether oxygens (including phenoxy) is 2. The monoisotopic (exact) mass is 462 g/mol. The van der Waals surface area contributed by atoms with Crippen LogP contribution >= 0.6 is 0 Å². The smallest absolute Gasteiger partial charge is 0.409 e. The molecule has 8 nitrogen and oxygen atoms in total. The zero-order chi connectivity index (χ0) is 23.1. The second-order valence-corrected chi connectivity index (χ2v) is 10.1. The second kappa shape index (κ2) is 9.00.